The van der Waals surface area contributed by atoms with E-state index in [4.69, 9.17) is 4.74 Å². The molecule has 1 unspecified atom stereocenters. The van der Waals surface area contributed by atoms with Gasteiger partial charge < -0.3 is 15.4 Å². The molecule has 9 heteroatoms. The van der Waals surface area contributed by atoms with Crippen LogP contribution in [0, 0.1) is 0 Å². The van der Waals surface area contributed by atoms with Crippen molar-refractivity contribution in [3.63, 3.8) is 0 Å². The fourth-order valence-corrected chi connectivity index (χ4v) is 4.53. The standard InChI is InChI=1S/C19H24N4O3S.HI/c1-20-19(23-17-8-10-27(24,25)14-17)22-12-16-7-9-21-18(11-16)26-13-15-5-3-2-4-6-15;/h2-7,9,11,17H,8,10,12-14H2,1H3,(H2,20,22,23);1H. The molecule has 1 aliphatic heterocycles. The lowest BCUT2D eigenvalue weighted by Crippen LogP contribution is -2.43. The van der Waals surface area contributed by atoms with Crippen LogP contribution in [0.2, 0.25) is 0 Å². The quantitative estimate of drug-likeness (QED) is 0.347. The van der Waals surface area contributed by atoms with E-state index in [0.29, 0.717) is 31.4 Å². The number of sulfone groups is 1. The summed E-state index contributed by atoms with van der Waals surface area (Å²) in [6.07, 6.45) is 2.31. The second-order valence-electron chi connectivity index (χ2n) is 6.45. The lowest BCUT2D eigenvalue weighted by Gasteiger charge is -2.16. The van der Waals surface area contributed by atoms with Crippen molar-refractivity contribution in [2.75, 3.05) is 18.6 Å². The van der Waals surface area contributed by atoms with Crippen LogP contribution in [-0.2, 0) is 23.0 Å². The molecule has 1 saturated heterocycles. The summed E-state index contributed by atoms with van der Waals surface area (Å²) in [6.45, 7) is 0.994. The van der Waals surface area contributed by atoms with E-state index in [1.54, 1.807) is 13.2 Å². The number of hydrogen-bond donors (Lipinski definition) is 2. The summed E-state index contributed by atoms with van der Waals surface area (Å²) >= 11 is 0. The molecule has 28 heavy (non-hydrogen) atoms. The van der Waals surface area contributed by atoms with E-state index in [1.165, 1.54) is 0 Å². The monoisotopic (exact) mass is 516 g/mol. The lowest BCUT2D eigenvalue weighted by atomic mass is 10.2. The first-order chi connectivity index (χ1) is 13.0. The number of pyridine rings is 1. The second kappa shape index (κ2) is 10.6. The number of halogens is 1. The normalized spacial score (nSPS) is 18.2. The first-order valence-electron chi connectivity index (χ1n) is 8.83. The molecule has 2 heterocycles. The van der Waals surface area contributed by atoms with Gasteiger partial charge in [0.15, 0.2) is 15.8 Å². The number of nitrogens with zero attached hydrogens (tertiary/aromatic N) is 2. The molecule has 0 saturated carbocycles. The van der Waals surface area contributed by atoms with Crippen molar-refractivity contribution in [1.29, 1.82) is 0 Å². The van der Waals surface area contributed by atoms with Crippen LogP contribution in [0.25, 0.3) is 0 Å². The van der Waals surface area contributed by atoms with Crippen molar-refractivity contribution in [1.82, 2.24) is 15.6 Å². The summed E-state index contributed by atoms with van der Waals surface area (Å²) in [5.74, 6) is 1.53. The number of aromatic nitrogens is 1. The number of nitrogens with one attached hydrogen (secondary N) is 2. The maximum Gasteiger partial charge on any atom is 0.213 e. The van der Waals surface area contributed by atoms with E-state index in [9.17, 15) is 8.42 Å². The summed E-state index contributed by atoms with van der Waals surface area (Å²) in [4.78, 5) is 8.40. The molecule has 0 aliphatic carbocycles. The van der Waals surface area contributed by atoms with Gasteiger partial charge in [0.1, 0.15) is 6.61 Å². The molecule has 1 aliphatic rings. The van der Waals surface area contributed by atoms with Gasteiger partial charge in [-0.05, 0) is 23.6 Å². The van der Waals surface area contributed by atoms with Gasteiger partial charge in [0, 0.05) is 31.9 Å². The third kappa shape index (κ3) is 6.93. The van der Waals surface area contributed by atoms with E-state index in [-0.39, 0.29) is 41.5 Å². The molecular formula is C19H25IN4O3S. The lowest BCUT2D eigenvalue weighted by molar-refractivity contribution is 0.293. The van der Waals surface area contributed by atoms with Crippen LogP contribution in [-0.4, -0.2) is 44.0 Å². The van der Waals surface area contributed by atoms with Gasteiger partial charge in [0.2, 0.25) is 5.88 Å². The van der Waals surface area contributed by atoms with Gasteiger partial charge in [-0.25, -0.2) is 13.4 Å². The Labute approximate surface area is 182 Å². The van der Waals surface area contributed by atoms with Crippen LogP contribution in [0.1, 0.15) is 17.5 Å². The van der Waals surface area contributed by atoms with Gasteiger partial charge in [-0.15, -0.1) is 24.0 Å². The number of guanidine groups is 1. The zero-order valence-electron chi connectivity index (χ0n) is 15.7. The topological polar surface area (TPSA) is 92.7 Å². The zero-order chi connectivity index (χ0) is 19.1. The minimum absolute atomic E-state index is 0. The van der Waals surface area contributed by atoms with E-state index < -0.39 is 9.84 Å². The van der Waals surface area contributed by atoms with Gasteiger partial charge in [0.05, 0.1) is 11.5 Å². The Morgan fingerprint density at radius 3 is 2.71 bits per heavy atom. The molecule has 3 rings (SSSR count). The predicted octanol–water partition coefficient (Wildman–Crippen LogP) is 2.13. The largest absolute Gasteiger partial charge is 0.473 e. The van der Waals surface area contributed by atoms with E-state index in [2.05, 4.69) is 20.6 Å². The highest BCUT2D eigenvalue weighted by molar-refractivity contribution is 14.0. The van der Waals surface area contributed by atoms with Gasteiger partial charge in [-0.1, -0.05) is 30.3 Å². The SMILES string of the molecule is CN=C(NCc1ccnc(OCc2ccccc2)c1)NC1CCS(=O)(=O)C1.I. The highest BCUT2D eigenvalue weighted by Gasteiger charge is 2.28. The Morgan fingerprint density at radius 1 is 1.25 bits per heavy atom. The van der Waals surface area contributed by atoms with Gasteiger partial charge >= 0.3 is 0 Å². The molecule has 2 N–H and O–H groups in total. The molecule has 1 aromatic heterocycles. The van der Waals surface area contributed by atoms with Crippen molar-refractivity contribution in [3.05, 3.63) is 59.8 Å². The summed E-state index contributed by atoms with van der Waals surface area (Å²) < 4.78 is 28.9. The van der Waals surface area contributed by atoms with Crippen LogP contribution in [0.5, 0.6) is 5.88 Å². The average molecular weight is 516 g/mol. The zero-order valence-corrected chi connectivity index (χ0v) is 18.8. The maximum absolute atomic E-state index is 11.6. The van der Waals surface area contributed by atoms with Crippen LogP contribution >= 0.6 is 24.0 Å². The van der Waals surface area contributed by atoms with Gasteiger partial charge in [-0.3, -0.25) is 4.99 Å². The van der Waals surface area contributed by atoms with Crippen LogP contribution in [0.4, 0.5) is 0 Å². The molecule has 2 aromatic rings. The van der Waals surface area contributed by atoms with Crippen LogP contribution in [0.3, 0.4) is 0 Å². The summed E-state index contributed by atoms with van der Waals surface area (Å²) in [7, 11) is -1.25. The fraction of sp³-hybridized carbons (Fsp3) is 0.368. The third-order valence-electron chi connectivity index (χ3n) is 4.29. The Hall–Kier alpha value is -1.88. The third-order valence-corrected chi connectivity index (χ3v) is 6.05. The fourth-order valence-electron chi connectivity index (χ4n) is 2.85. The van der Waals surface area contributed by atoms with Crippen molar-refractivity contribution < 1.29 is 13.2 Å². The number of hydrogen-bond acceptors (Lipinski definition) is 5. The molecule has 1 atom stereocenters. The Kier molecular flexibility index (Phi) is 8.49. The number of rotatable bonds is 6. The highest BCUT2D eigenvalue weighted by atomic mass is 127. The predicted molar refractivity (Wildman–Crippen MR) is 121 cm³/mol. The van der Waals surface area contributed by atoms with Crippen LogP contribution in [0.15, 0.2) is 53.7 Å². The number of benzene rings is 1. The molecule has 0 amide bonds. The number of ether oxygens (including phenoxy) is 1. The molecule has 0 radical (unpaired) electrons. The Morgan fingerprint density at radius 2 is 2.04 bits per heavy atom. The molecule has 152 valence electrons. The first-order valence-corrected chi connectivity index (χ1v) is 10.7. The molecular weight excluding hydrogens is 491 g/mol. The molecule has 1 fully saturated rings. The van der Waals surface area contributed by atoms with Crippen molar-refractivity contribution in [2.45, 2.75) is 25.6 Å². The van der Waals surface area contributed by atoms with E-state index in [0.717, 1.165) is 11.1 Å². The van der Waals surface area contributed by atoms with E-state index in [1.807, 2.05) is 42.5 Å². The smallest absolute Gasteiger partial charge is 0.213 e. The van der Waals surface area contributed by atoms with Crippen LogP contribution < -0.4 is 15.4 Å². The molecule has 1 aromatic carbocycles. The molecule has 0 spiro atoms. The summed E-state index contributed by atoms with van der Waals surface area (Å²) in [5.41, 5.74) is 2.08. The highest BCUT2D eigenvalue weighted by Crippen LogP contribution is 2.13. The summed E-state index contributed by atoms with van der Waals surface area (Å²) in [6, 6.07) is 13.6. The first kappa shape index (κ1) is 22.4. The Bertz CT molecular complexity index is 891. The van der Waals surface area contributed by atoms with Gasteiger partial charge in [-0.2, -0.15) is 0 Å². The van der Waals surface area contributed by atoms with Crippen molar-refractivity contribution in [2.24, 2.45) is 4.99 Å². The minimum Gasteiger partial charge on any atom is -0.473 e. The molecule has 7 nitrogen and oxygen atoms in total. The Balaban J connectivity index is 0.00000280. The molecule has 0 bridgehead atoms. The van der Waals surface area contributed by atoms with Gasteiger partial charge in [0.25, 0.3) is 0 Å². The maximum atomic E-state index is 11.6. The minimum atomic E-state index is -2.92. The summed E-state index contributed by atoms with van der Waals surface area (Å²) in [5, 5.41) is 6.37. The van der Waals surface area contributed by atoms with Crippen molar-refractivity contribution in [3.8, 4) is 5.88 Å². The van der Waals surface area contributed by atoms with Crippen molar-refractivity contribution >= 4 is 39.8 Å². The number of aliphatic imine (C=N–C) groups is 1. The second-order valence-corrected chi connectivity index (χ2v) is 8.68. The average Bonchev–Trinajstić information content (AvgIpc) is 3.03. The van der Waals surface area contributed by atoms with E-state index >= 15 is 0 Å².